The third-order valence-electron chi connectivity index (χ3n) is 4.84. The van der Waals surface area contributed by atoms with Crippen LogP contribution in [0.3, 0.4) is 0 Å². The smallest absolute Gasteiger partial charge is 0.326 e. The molecule has 0 bridgehead atoms. The standard InChI is InChI=1S/C23H27N3O2/c1-14(2)19(22(27)28)25-21-17-8-6-7-9-18(17)24-20(26-21)15-10-12-16(13-11-15)23(3,4)5/h6-14,19H,1-5H3,(H,27,28)(H,24,25,26)/t19-/m1/s1. The maximum atomic E-state index is 11.7. The summed E-state index contributed by atoms with van der Waals surface area (Å²) < 4.78 is 0. The molecule has 0 fully saturated rings. The number of para-hydroxylation sites is 1. The molecular formula is C23H27N3O2. The number of carboxylic acid groups (broad SMARTS) is 1. The summed E-state index contributed by atoms with van der Waals surface area (Å²) in [5, 5.41) is 13.5. The molecule has 28 heavy (non-hydrogen) atoms. The van der Waals surface area contributed by atoms with Gasteiger partial charge in [-0.15, -0.1) is 0 Å². The molecule has 5 heteroatoms. The highest BCUT2D eigenvalue weighted by atomic mass is 16.4. The summed E-state index contributed by atoms with van der Waals surface area (Å²) in [6.07, 6.45) is 0. The fourth-order valence-electron chi connectivity index (χ4n) is 3.10. The van der Waals surface area contributed by atoms with Crippen molar-refractivity contribution in [3.8, 4) is 11.4 Å². The second-order valence-corrected chi connectivity index (χ2v) is 8.44. The van der Waals surface area contributed by atoms with Crippen LogP contribution in [0.2, 0.25) is 0 Å². The Morgan fingerprint density at radius 2 is 1.64 bits per heavy atom. The summed E-state index contributed by atoms with van der Waals surface area (Å²) in [4.78, 5) is 21.0. The van der Waals surface area contributed by atoms with Crippen molar-refractivity contribution in [3.05, 3.63) is 54.1 Å². The molecule has 0 amide bonds. The van der Waals surface area contributed by atoms with Crippen LogP contribution in [0.1, 0.15) is 40.2 Å². The zero-order chi connectivity index (χ0) is 20.5. The minimum atomic E-state index is -0.895. The van der Waals surface area contributed by atoms with Crippen molar-refractivity contribution < 1.29 is 9.90 Å². The van der Waals surface area contributed by atoms with Gasteiger partial charge in [0, 0.05) is 10.9 Å². The zero-order valence-corrected chi connectivity index (χ0v) is 17.0. The van der Waals surface area contributed by atoms with Gasteiger partial charge in [-0.2, -0.15) is 0 Å². The first-order valence-electron chi connectivity index (χ1n) is 9.54. The average molecular weight is 377 g/mol. The molecule has 0 unspecified atom stereocenters. The van der Waals surface area contributed by atoms with Gasteiger partial charge in [0.25, 0.3) is 0 Å². The second kappa shape index (κ2) is 7.58. The fraction of sp³-hybridized carbons (Fsp3) is 0.348. The number of carbonyl (C=O) groups is 1. The highest BCUT2D eigenvalue weighted by molar-refractivity contribution is 5.92. The maximum absolute atomic E-state index is 11.7. The molecule has 2 aromatic carbocycles. The third kappa shape index (κ3) is 4.14. The number of nitrogens with zero attached hydrogens (tertiary/aromatic N) is 2. The number of hydrogen-bond acceptors (Lipinski definition) is 4. The van der Waals surface area contributed by atoms with E-state index in [0.29, 0.717) is 11.6 Å². The van der Waals surface area contributed by atoms with E-state index in [4.69, 9.17) is 4.98 Å². The van der Waals surface area contributed by atoms with Crippen molar-refractivity contribution >= 4 is 22.7 Å². The summed E-state index contributed by atoms with van der Waals surface area (Å²) in [6, 6.07) is 15.1. The van der Waals surface area contributed by atoms with Crippen molar-refractivity contribution in [2.75, 3.05) is 5.32 Å². The summed E-state index contributed by atoms with van der Waals surface area (Å²) in [6.45, 7) is 10.3. The van der Waals surface area contributed by atoms with Crippen molar-refractivity contribution in [2.24, 2.45) is 5.92 Å². The van der Waals surface area contributed by atoms with E-state index >= 15 is 0 Å². The number of rotatable bonds is 5. The molecule has 3 rings (SSSR count). The number of nitrogens with one attached hydrogen (secondary N) is 1. The van der Waals surface area contributed by atoms with Gasteiger partial charge >= 0.3 is 5.97 Å². The highest BCUT2D eigenvalue weighted by Crippen LogP contribution is 2.28. The zero-order valence-electron chi connectivity index (χ0n) is 17.0. The predicted octanol–water partition coefficient (Wildman–Crippen LogP) is 5.12. The Hall–Kier alpha value is -2.95. The predicted molar refractivity (Wildman–Crippen MR) is 114 cm³/mol. The van der Waals surface area contributed by atoms with Crippen LogP contribution in [0.4, 0.5) is 5.82 Å². The monoisotopic (exact) mass is 377 g/mol. The molecule has 3 aromatic rings. The molecule has 1 heterocycles. The van der Waals surface area contributed by atoms with E-state index in [-0.39, 0.29) is 11.3 Å². The van der Waals surface area contributed by atoms with Crippen molar-refractivity contribution in [3.63, 3.8) is 0 Å². The lowest BCUT2D eigenvalue weighted by Gasteiger charge is -2.20. The second-order valence-electron chi connectivity index (χ2n) is 8.44. The Morgan fingerprint density at radius 1 is 1.00 bits per heavy atom. The largest absolute Gasteiger partial charge is 0.480 e. The van der Waals surface area contributed by atoms with Gasteiger partial charge in [0.15, 0.2) is 5.82 Å². The Labute approximate surface area is 165 Å². The van der Waals surface area contributed by atoms with Crippen molar-refractivity contribution in [2.45, 2.75) is 46.1 Å². The lowest BCUT2D eigenvalue weighted by Crippen LogP contribution is -2.34. The Kier molecular flexibility index (Phi) is 5.36. The van der Waals surface area contributed by atoms with Gasteiger partial charge < -0.3 is 10.4 Å². The summed E-state index contributed by atoms with van der Waals surface area (Å²) in [5.74, 6) is 0.144. The molecule has 0 saturated carbocycles. The molecule has 0 aliphatic heterocycles. The number of fused-ring (bicyclic) bond motifs is 1. The number of carboxylic acids is 1. The van der Waals surface area contributed by atoms with Crippen LogP contribution in [-0.2, 0) is 10.2 Å². The number of benzene rings is 2. The van der Waals surface area contributed by atoms with Gasteiger partial charge in [0.1, 0.15) is 11.9 Å². The van der Waals surface area contributed by atoms with Crippen molar-refractivity contribution in [1.29, 1.82) is 0 Å². The van der Waals surface area contributed by atoms with Crippen LogP contribution >= 0.6 is 0 Å². The molecule has 0 aliphatic carbocycles. The number of aromatic nitrogens is 2. The van der Waals surface area contributed by atoms with E-state index in [2.05, 4.69) is 43.2 Å². The highest BCUT2D eigenvalue weighted by Gasteiger charge is 2.23. The summed E-state index contributed by atoms with van der Waals surface area (Å²) in [5.41, 5.74) is 2.99. The Bertz CT molecular complexity index is 989. The fourth-order valence-corrected chi connectivity index (χ4v) is 3.10. The quantitative estimate of drug-likeness (QED) is 0.646. The molecular weight excluding hydrogens is 350 g/mol. The minimum Gasteiger partial charge on any atom is -0.480 e. The molecule has 5 nitrogen and oxygen atoms in total. The van der Waals surface area contributed by atoms with Crippen LogP contribution in [0, 0.1) is 5.92 Å². The molecule has 2 N–H and O–H groups in total. The number of aliphatic carboxylic acids is 1. The van der Waals surface area contributed by atoms with E-state index in [1.807, 2.05) is 50.2 Å². The first kappa shape index (κ1) is 19.8. The van der Waals surface area contributed by atoms with E-state index in [9.17, 15) is 9.90 Å². The third-order valence-corrected chi connectivity index (χ3v) is 4.84. The molecule has 146 valence electrons. The van der Waals surface area contributed by atoms with Gasteiger partial charge in [-0.1, -0.05) is 71.0 Å². The first-order chi connectivity index (χ1) is 13.2. The molecule has 0 aliphatic rings. The van der Waals surface area contributed by atoms with Crippen LogP contribution in [-0.4, -0.2) is 27.1 Å². The van der Waals surface area contributed by atoms with E-state index in [1.165, 1.54) is 5.56 Å². The van der Waals surface area contributed by atoms with Crippen LogP contribution < -0.4 is 5.32 Å². The van der Waals surface area contributed by atoms with Gasteiger partial charge in [-0.25, -0.2) is 14.8 Å². The number of anilines is 1. The average Bonchev–Trinajstić information content (AvgIpc) is 2.64. The van der Waals surface area contributed by atoms with E-state index < -0.39 is 12.0 Å². The summed E-state index contributed by atoms with van der Waals surface area (Å²) in [7, 11) is 0. The SMILES string of the molecule is CC(C)[C@@H](Nc1nc(-c2ccc(C(C)(C)C)cc2)nc2ccccc12)C(=O)O. The lowest BCUT2D eigenvalue weighted by atomic mass is 9.87. The summed E-state index contributed by atoms with van der Waals surface area (Å²) >= 11 is 0. The normalized spacial score (nSPS) is 12.9. The lowest BCUT2D eigenvalue weighted by molar-refractivity contribution is -0.138. The van der Waals surface area contributed by atoms with Crippen LogP contribution in [0.5, 0.6) is 0 Å². The van der Waals surface area contributed by atoms with Crippen molar-refractivity contribution in [1.82, 2.24) is 9.97 Å². The van der Waals surface area contributed by atoms with Gasteiger partial charge in [-0.05, 0) is 29.0 Å². The van der Waals surface area contributed by atoms with E-state index in [0.717, 1.165) is 16.5 Å². The molecule has 0 spiro atoms. The van der Waals surface area contributed by atoms with Gasteiger partial charge in [0.05, 0.1) is 5.52 Å². The molecule has 1 atom stereocenters. The van der Waals surface area contributed by atoms with Crippen LogP contribution in [0.15, 0.2) is 48.5 Å². The first-order valence-corrected chi connectivity index (χ1v) is 9.54. The van der Waals surface area contributed by atoms with Gasteiger partial charge in [-0.3, -0.25) is 0 Å². The van der Waals surface area contributed by atoms with Gasteiger partial charge in [0.2, 0.25) is 0 Å². The molecule has 0 radical (unpaired) electrons. The van der Waals surface area contributed by atoms with E-state index in [1.54, 1.807) is 0 Å². The minimum absolute atomic E-state index is 0.0709. The molecule has 0 saturated heterocycles. The topological polar surface area (TPSA) is 75.1 Å². The number of hydrogen-bond donors (Lipinski definition) is 2. The Balaban J connectivity index is 2.08. The molecule has 1 aromatic heterocycles. The van der Waals surface area contributed by atoms with Crippen LogP contribution in [0.25, 0.3) is 22.3 Å². The maximum Gasteiger partial charge on any atom is 0.326 e. The Morgan fingerprint density at radius 3 is 2.21 bits per heavy atom.